The van der Waals surface area contributed by atoms with E-state index in [-0.39, 0.29) is 0 Å². The highest BCUT2D eigenvalue weighted by Crippen LogP contribution is 2.13. The van der Waals surface area contributed by atoms with Crippen molar-refractivity contribution in [3.63, 3.8) is 0 Å². The third kappa shape index (κ3) is 2.66. The van der Waals surface area contributed by atoms with Crippen LogP contribution >= 0.6 is 11.8 Å². The molecular formula is C10H10N4S. The molecule has 1 aromatic carbocycles. The summed E-state index contributed by atoms with van der Waals surface area (Å²) in [5, 5.41) is 11.5. The van der Waals surface area contributed by atoms with Gasteiger partial charge in [-0.2, -0.15) is 5.10 Å². The number of aromatic nitrogens is 3. The van der Waals surface area contributed by atoms with Crippen LogP contribution in [0.1, 0.15) is 5.56 Å². The minimum Gasteiger partial charge on any atom is -0.208 e. The third-order valence-corrected chi connectivity index (χ3v) is 2.61. The molecule has 0 saturated heterocycles. The normalized spacial score (nSPS) is 11.0. The lowest BCUT2D eigenvalue weighted by Gasteiger charge is -1.96. The van der Waals surface area contributed by atoms with Crippen LogP contribution < -0.4 is 0 Å². The van der Waals surface area contributed by atoms with E-state index in [1.165, 1.54) is 4.90 Å². The van der Waals surface area contributed by atoms with Crippen molar-refractivity contribution in [3.05, 3.63) is 42.5 Å². The molecular weight excluding hydrogens is 208 g/mol. The van der Waals surface area contributed by atoms with Crippen molar-refractivity contribution in [3.8, 4) is 0 Å². The van der Waals surface area contributed by atoms with E-state index in [1.807, 2.05) is 12.1 Å². The quantitative estimate of drug-likeness (QED) is 0.583. The molecule has 15 heavy (non-hydrogen) atoms. The van der Waals surface area contributed by atoms with Crippen LogP contribution in [0.2, 0.25) is 0 Å². The second-order valence-corrected chi connectivity index (χ2v) is 3.74. The van der Waals surface area contributed by atoms with E-state index >= 15 is 0 Å². The standard InChI is InChI=1S/C10H10N4S/c1-15-10-4-2-9(3-5-10)6-13-14-7-11-12-8-14/h2-8H,1H3/b13-6-. The van der Waals surface area contributed by atoms with Gasteiger partial charge in [-0.15, -0.1) is 22.0 Å². The number of hydrogen-bond donors (Lipinski definition) is 0. The Labute approximate surface area is 92.0 Å². The fourth-order valence-electron chi connectivity index (χ4n) is 1.08. The van der Waals surface area contributed by atoms with Crippen LogP contribution in [0, 0.1) is 0 Å². The first-order chi connectivity index (χ1) is 7.38. The molecule has 5 heteroatoms. The first kappa shape index (κ1) is 9.92. The van der Waals surface area contributed by atoms with Gasteiger partial charge in [-0.1, -0.05) is 12.1 Å². The van der Waals surface area contributed by atoms with E-state index in [2.05, 4.69) is 33.7 Å². The number of nitrogens with zero attached hydrogens (tertiary/aromatic N) is 4. The number of benzene rings is 1. The van der Waals surface area contributed by atoms with Gasteiger partial charge in [-0.3, -0.25) is 0 Å². The lowest BCUT2D eigenvalue weighted by molar-refractivity contribution is 0.878. The molecule has 1 heterocycles. The van der Waals surface area contributed by atoms with E-state index < -0.39 is 0 Å². The highest BCUT2D eigenvalue weighted by molar-refractivity contribution is 7.98. The van der Waals surface area contributed by atoms with Crippen LogP contribution in [0.25, 0.3) is 0 Å². The Bertz CT molecular complexity index is 433. The van der Waals surface area contributed by atoms with Gasteiger partial charge in [0.2, 0.25) is 0 Å². The fourth-order valence-corrected chi connectivity index (χ4v) is 1.49. The van der Waals surface area contributed by atoms with Crippen molar-refractivity contribution < 1.29 is 0 Å². The Kier molecular flexibility index (Phi) is 3.14. The van der Waals surface area contributed by atoms with Gasteiger partial charge in [0.25, 0.3) is 0 Å². The molecule has 0 radical (unpaired) electrons. The zero-order chi connectivity index (χ0) is 10.5. The molecule has 0 aliphatic rings. The Morgan fingerprint density at radius 3 is 2.47 bits per heavy atom. The molecule has 76 valence electrons. The average molecular weight is 218 g/mol. The highest BCUT2D eigenvalue weighted by Gasteiger charge is 1.90. The largest absolute Gasteiger partial charge is 0.208 e. The summed E-state index contributed by atoms with van der Waals surface area (Å²) in [6, 6.07) is 8.19. The van der Waals surface area contributed by atoms with Crippen molar-refractivity contribution in [2.24, 2.45) is 5.10 Å². The molecule has 2 aromatic rings. The van der Waals surface area contributed by atoms with E-state index in [1.54, 1.807) is 35.3 Å². The number of thioether (sulfide) groups is 1. The molecule has 0 N–H and O–H groups in total. The molecule has 4 nitrogen and oxygen atoms in total. The Morgan fingerprint density at radius 1 is 1.20 bits per heavy atom. The minimum absolute atomic E-state index is 1.06. The first-order valence-electron chi connectivity index (χ1n) is 4.41. The van der Waals surface area contributed by atoms with Crippen molar-refractivity contribution in [2.45, 2.75) is 4.90 Å². The molecule has 0 saturated carbocycles. The van der Waals surface area contributed by atoms with Gasteiger partial charge < -0.3 is 0 Å². The fraction of sp³-hybridized carbons (Fsp3) is 0.100. The van der Waals surface area contributed by atoms with Gasteiger partial charge in [0, 0.05) is 4.90 Å². The summed E-state index contributed by atoms with van der Waals surface area (Å²) in [6.07, 6.45) is 6.92. The third-order valence-electron chi connectivity index (χ3n) is 1.86. The summed E-state index contributed by atoms with van der Waals surface area (Å²) in [4.78, 5) is 1.25. The van der Waals surface area contributed by atoms with Crippen molar-refractivity contribution in [1.29, 1.82) is 0 Å². The van der Waals surface area contributed by atoms with Crippen molar-refractivity contribution >= 4 is 18.0 Å². The smallest absolute Gasteiger partial charge is 0.141 e. The first-order valence-corrected chi connectivity index (χ1v) is 5.64. The summed E-state index contributed by atoms with van der Waals surface area (Å²) < 4.78 is 1.56. The van der Waals surface area contributed by atoms with Gasteiger partial charge in [0.15, 0.2) is 0 Å². The maximum Gasteiger partial charge on any atom is 0.141 e. The van der Waals surface area contributed by atoms with Gasteiger partial charge in [0.05, 0.1) is 6.21 Å². The summed E-state index contributed by atoms with van der Waals surface area (Å²) in [6.45, 7) is 0. The molecule has 0 spiro atoms. The van der Waals surface area contributed by atoms with Crippen LogP contribution in [0.5, 0.6) is 0 Å². The Hall–Kier alpha value is -1.62. The summed E-state index contributed by atoms with van der Waals surface area (Å²) >= 11 is 1.72. The molecule has 0 unspecified atom stereocenters. The predicted molar refractivity (Wildman–Crippen MR) is 61.2 cm³/mol. The monoisotopic (exact) mass is 218 g/mol. The molecule has 0 bridgehead atoms. The summed E-state index contributed by atoms with van der Waals surface area (Å²) in [7, 11) is 0. The average Bonchev–Trinajstić information content (AvgIpc) is 2.80. The summed E-state index contributed by atoms with van der Waals surface area (Å²) in [5.74, 6) is 0. The van der Waals surface area contributed by atoms with Crippen LogP contribution in [0.15, 0.2) is 46.9 Å². The van der Waals surface area contributed by atoms with Crippen LogP contribution in [-0.2, 0) is 0 Å². The van der Waals surface area contributed by atoms with E-state index in [0.717, 1.165) is 5.56 Å². The molecule has 0 atom stereocenters. The lowest BCUT2D eigenvalue weighted by atomic mass is 10.2. The maximum absolute atomic E-state index is 4.15. The maximum atomic E-state index is 4.15. The van der Waals surface area contributed by atoms with Crippen LogP contribution in [-0.4, -0.2) is 27.3 Å². The van der Waals surface area contributed by atoms with Crippen molar-refractivity contribution in [1.82, 2.24) is 14.9 Å². The molecule has 0 aliphatic heterocycles. The molecule has 0 fully saturated rings. The SMILES string of the molecule is CSc1ccc(/C=N\n2cnnc2)cc1. The van der Waals surface area contributed by atoms with E-state index in [0.29, 0.717) is 0 Å². The topological polar surface area (TPSA) is 43.1 Å². The van der Waals surface area contributed by atoms with Gasteiger partial charge in [-0.05, 0) is 24.0 Å². The highest BCUT2D eigenvalue weighted by atomic mass is 32.2. The lowest BCUT2D eigenvalue weighted by Crippen LogP contribution is -1.86. The zero-order valence-electron chi connectivity index (χ0n) is 8.24. The zero-order valence-corrected chi connectivity index (χ0v) is 9.06. The van der Waals surface area contributed by atoms with Crippen molar-refractivity contribution in [2.75, 3.05) is 6.26 Å². The molecule has 1 aromatic heterocycles. The van der Waals surface area contributed by atoms with E-state index in [4.69, 9.17) is 0 Å². The minimum atomic E-state index is 1.06. The van der Waals surface area contributed by atoms with Crippen LogP contribution in [0.4, 0.5) is 0 Å². The van der Waals surface area contributed by atoms with Crippen LogP contribution in [0.3, 0.4) is 0 Å². The Morgan fingerprint density at radius 2 is 1.87 bits per heavy atom. The van der Waals surface area contributed by atoms with E-state index in [9.17, 15) is 0 Å². The molecule has 0 amide bonds. The molecule has 0 aliphatic carbocycles. The number of hydrogen-bond acceptors (Lipinski definition) is 4. The predicted octanol–water partition coefficient (Wildman–Crippen LogP) is 1.88. The van der Waals surface area contributed by atoms with Gasteiger partial charge >= 0.3 is 0 Å². The Balaban J connectivity index is 2.11. The second-order valence-electron chi connectivity index (χ2n) is 2.86. The second kappa shape index (κ2) is 4.75. The van der Waals surface area contributed by atoms with Gasteiger partial charge in [-0.25, -0.2) is 4.68 Å². The van der Waals surface area contributed by atoms with Gasteiger partial charge in [0.1, 0.15) is 12.7 Å². The molecule has 2 rings (SSSR count). The summed E-state index contributed by atoms with van der Waals surface area (Å²) in [5.41, 5.74) is 1.06. The number of rotatable bonds is 3.